The van der Waals surface area contributed by atoms with Crippen LogP contribution in [0.1, 0.15) is 23.3 Å². The van der Waals surface area contributed by atoms with Crippen molar-refractivity contribution in [3.63, 3.8) is 0 Å². The number of fused-ring (bicyclic) bond motifs is 1. The van der Waals surface area contributed by atoms with Gasteiger partial charge in [-0.05, 0) is 34.8 Å². The Kier molecular flexibility index (Phi) is 8.01. The molecule has 0 spiro atoms. The van der Waals surface area contributed by atoms with Gasteiger partial charge in [-0.1, -0.05) is 55.5 Å². The molecular formula is C25H32N4O2S. The summed E-state index contributed by atoms with van der Waals surface area (Å²) < 4.78 is 0. The number of likely N-dealkylation sites (N-methyl/N-ethyl adjacent to an activating group) is 2. The first-order chi connectivity index (χ1) is 15.3. The Morgan fingerprint density at radius 3 is 2.34 bits per heavy atom. The van der Waals surface area contributed by atoms with Crippen LogP contribution in [0, 0.1) is 0 Å². The Hall–Kier alpha value is -2.74. The van der Waals surface area contributed by atoms with E-state index in [4.69, 9.17) is 0 Å². The molecule has 0 saturated carbocycles. The molecule has 3 atom stereocenters. The predicted octanol–water partition coefficient (Wildman–Crippen LogP) is 3.26. The molecule has 0 aliphatic carbocycles. The van der Waals surface area contributed by atoms with Gasteiger partial charge < -0.3 is 10.6 Å². The van der Waals surface area contributed by atoms with Crippen LogP contribution in [0.3, 0.4) is 0 Å². The zero-order valence-corrected chi connectivity index (χ0v) is 20.1. The lowest BCUT2D eigenvalue weighted by molar-refractivity contribution is -0.146. The summed E-state index contributed by atoms with van der Waals surface area (Å²) in [5, 5.41) is 13.7. The molecule has 2 amide bonds. The average Bonchev–Trinajstić information content (AvgIpc) is 3.30. The molecule has 2 N–H and O–H groups in total. The van der Waals surface area contributed by atoms with Gasteiger partial charge in [0.1, 0.15) is 6.04 Å². The number of nitrogens with one attached hydrogen (secondary N) is 2. The molecule has 1 aromatic heterocycles. The molecule has 3 unspecified atom stereocenters. The van der Waals surface area contributed by atoms with Crippen LogP contribution >= 0.6 is 11.3 Å². The third-order valence-electron chi connectivity index (χ3n) is 5.91. The summed E-state index contributed by atoms with van der Waals surface area (Å²) in [5.74, 6) is -0.408. The van der Waals surface area contributed by atoms with Crippen LogP contribution in [-0.2, 0) is 16.0 Å². The molecule has 6 nitrogen and oxygen atoms in total. The normalized spacial score (nSPS) is 14.2. The summed E-state index contributed by atoms with van der Waals surface area (Å²) in [4.78, 5) is 27.5. The van der Waals surface area contributed by atoms with Gasteiger partial charge in [-0.3, -0.25) is 14.6 Å². The van der Waals surface area contributed by atoms with E-state index in [9.17, 15) is 9.59 Å². The molecule has 32 heavy (non-hydrogen) atoms. The number of hydrazine groups is 1. The van der Waals surface area contributed by atoms with E-state index < -0.39 is 12.1 Å². The van der Waals surface area contributed by atoms with E-state index in [-0.39, 0.29) is 17.7 Å². The standard InChI is InChI=1S/C25H32N4O2S/c1-17(19-13-12-18-9-6-7-10-20(18)15-19)23(26-2)24(30)27-22(16-21-11-8-14-32-21)25(31)29(5)28(3)4/h6-15,17,22-23,26H,16H2,1-5H3,(H,27,30). The van der Waals surface area contributed by atoms with Crippen molar-refractivity contribution in [3.8, 4) is 0 Å². The molecule has 3 aromatic rings. The zero-order chi connectivity index (χ0) is 23.3. The third-order valence-corrected chi connectivity index (χ3v) is 6.81. The first-order valence-electron chi connectivity index (χ1n) is 10.7. The number of thiophene rings is 1. The highest BCUT2D eigenvalue weighted by Crippen LogP contribution is 2.24. The van der Waals surface area contributed by atoms with E-state index >= 15 is 0 Å². The Morgan fingerprint density at radius 1 is 1.00 bits per heavy atom. The van der Waals surface area contributed by atoms with Crippen molar-refractivity contribution in [1.29, 1.82) is 0 Å². The monoisotopic (exact) mass is 452 g/mol. The van der Waals surface area contributed by atoms with Crippen LogP contribution in [0.15, 0.2) is 60.0 Å². The maximum atomic E-state index is 13.3. The Bertz CT molecular complexity index is 1050. The molecule has 1 heterocycles. The second-order valence-electron chi connectivity index (χ2n) is 8.22. The number of carbonyl (C=O) groups is 2. The average molecular weight is 453 g/mol. The maximum absolute atomic E-state index is 13.3. The topological polar surface area (TPSA) is 64.7 Å². The predicted molar refractivity (Wildman–Crippen MR) is 132 cm³/mol. The Labute approximate surface area is 194 Å². The minimum atomic E-state index is -0.645. The van der Waals surface area contributed by atoms with Gasteiger partial charge in [-0.25, -0.2) is 5.01 Å². The van der Waals surface area contributed by atoms with Crippen molar-refractivity contribution in [3.05, 3.63) is 70.4 Å². The molecule has 170 valence electrons. The molecule has 0 fully saturated rings. The van der Waals surface area contributed by atoms with Crippen LogP contribution < -0.4 is 10.6 Å². The van der Waals surface area contributed by atoms with E-state index in [1.54, 1.807) is 44.5 Å². The number of hydrogen-bond donors (Lipinski definition) is 2. The van der Waals surface area contributed by atoms with Gasteiger partial charge in [0.25, 0.3) is 5.91 Å². The van der Waals surface area contributed by atoms with Gasteiger partial charge in [0.2, 0.25) is 5.91 Å². The van der Waals surface area contributed by atoms with Crippen LogP contribution in [0.5, 0.6) is 0 Å². The summed E-state index contributed by atoms with van der Waals surface area (Å²) in [6.45, 7) is 2.03. The van der Waals surface area contributed by atoms with Crippen molar-refractivity contribution in [1.82, 2.24) is 20.7 Å². The SMILES string of the molecule is CNC(C(=O)NC(Cc1cccs1)C(=O)N(C)N(C)C)C(C)c1ccc2ccccc2c1. The number of carbonyl (C=O) groups excluding carboxylic acids is 2. The number of nitrogens with zero attached hydrogens (tertiary/aromatic N) is 2. The van der Waals surface area contributed by atoms with Gasteiger partial charge in [-0.15, -0.1) is 11.3 Å². The van der Waals surface area contributed by atoms with Crippen LogP contribution in [0.25, 0.3) is 10.8 Å². The van der Waals surface area contributed by atoms with Crippen molar-refractivity contribution in [2.24, 2.45) is 0 Å². The Morgan fingerprint density at radius 2 is 1.72 bits per heavy atom. The van der Waals surface area contributed by atoms with Gasteiger partial charge in [0.05, 0.1) is 6.04 Å². The molecule has 3 rings (SSSR count). The highest BCUT2D eigenvalue weighted by Gasteiger charge is 2.31. The van der Waals surface area contributed by atoms with Gasteiger partial charge in [0, 0.05) is 38.4 Å². The number of amides is 2. The second-order valence-corrected chi connectivity index (χ2v) is 9.25. The molecule has 0 bridgehead atoms. The van der Waals surface area contributed by atoms with E-state index in [0.717, 1.165) is 15.8 Å². The van der Waals surface area contributed by atoms with Crippen molar-refractivity contribution in [2.75, 3.05) is 28.2 Å². The summed E-state index contributed by atoms with van der Waals surface area (Å²) >= 11 is 1.58. The van der Waals surface area contributed by atoms with Crippen molar-refractivity contribution in [2.45, 2.75) is 31.3 Å². The van der Waals surface area contributed by atoms with E-state index in [1.807, 2.05) is 36.6 Å². The number of hydrogen-bond acceptors (Lipinski definition) is 5. The van der Waals surface area contributed by atoms with E-state index in [2.05, 4.69) is 41.0 Å². The van der Waals surface area contributed by atoms with Gasteiger partial charge in [-0.2, -0.15) is 0 Å². The minimum Gasteiger partial charge on any atom is -0.343 e. The van der Waals surface area contributed by atoms with E-state index in [1.165, 1.54) is 10.4 Å². The Balaban J connectivity index is 1.80. The van der Waals surface area contributed by atoms with Crippen LogP contribution in [0.4, 0.5) is 0 Å². The molecular weight excluding hydrogens is 420 g/mol. The van der Waals surface area contributed by atoms with E-state index in [0.29, 0.717) is 6.42 Å². The van der Waals surface area contributed by atoms with Gasteiger partial charge in [0.15, 0.2) is 0 Å². The third kappa shape index (κ3) is 5.54. The maximum Gasteiger partial charge on any atom is 0.259 e. The molecule has 0 radical (unpaired) electrons. The largest absolute Gasteiger partial charge is 0.343 e. The number of rotatable bonds is 9. The fourth-order valence-corrected chi connectivity index (χ4v) is 4.56. The lowest BCUT2D eigenvalue weighted by atomic mass is 9.91. The summed E-state index contributed by atoms with van der Waals surface area (Å²) in [7, 11) is 7.10. The first-order valence-corrected chi connectivity index (χ1v) is 11.6. The fraction of sp³-hybridized carbons (Fsp3) is 0.360. The lowest BCUT2D eigenvalue weighted by Crippen LogP contribution is -2.56. The molecule has 2 aromatic carbocycles. The quantitative estimate of drug-likeness (QED) is 0.489. The summed E-state index contributed by atoms with van der Waals surface area (Å²) in [5.41, 5.74) is 1.07. The van der Waals surface area contributed by atoms with Crippen LogP contribution in [0.2, 0.25) is 0 Å². The second kappa shape index (κ2) is 10.7. The lowest BCUT2D eigenvalue weighted by Gasteiger charge is -2.31. The molecule has 0 aliphatic heterocycles. The molecule has 0 saturated heterocycles. The molecule has 0 aliphatic rings. The van der Waals surface area contributed by atoms with Crippen LogP contribution in [-0.4, -0.2) is 62.1 Å². The van der Waals surface area contributed by atoms with Crippen molar-refractivity contribution < 1.29 is 9.59 Å². The minimum absolute atomic E-state index is 0.0753. The first kappa shape index (κ1) is 23.9. The molecule has 7 heteroatoms. The highest BCUT2D eigenvalue weighted by molar-refractivity contribution is 7.09. The zero-order valence-electron chi connectivity index (χ0n) is 19.3. The highest BCUT2D eigenvalue weighted by atomic mass is 32.1. The summed E-state index contributed by atoms with van der Waals surface area (Å²) in [6.07, 6.45) is 0.460. The number of benzene rings is 2. The smallest absolute Gasteiger partial charge is 0.259 e. The summed E-state index contributed by atoms with van der Waals surface area (Å²) in [6, 6.07) is 17.3. The van der Waals surface area contributed by atoms with Gasteiger partial charge >= 0.3 is 0 Å². The fourth-order valence-electron chi connectivity index (χ4n) is 3.81. The van der Waals surface area contributed by atoms with Crippen molar-refractivity contribution >= 4 is 33.9 Å².